The van der Waals surface area contributed by atoms with Crippen molar-refractivity contribution in [1.82, 2.24) is 4.98 Å². The van der Waals surface area contributed by atoms with Crippen molar-refractivity contribution in [2.75, 3.05) is 11.9 Å². The molecule has 0 aliphatic carbocycles. The van der Waals surface area contributed by atoms with Gasteiger partial charge in [-0.25, -0.2) is 4.98 Å². The van der Waals surface area contributed by atoms with Crippen molar-refractivity contribution in [2.24, 2.45) is 0 Å². The Balaban J connectivity index is 2.39. The van der Waals surface area contributed by atoms with Crippen LogP contribution in [0.15, 0.2) is 18.3 Å². The SMILES string of the molecule is O=C(O)CCCCCNc1ncccc1C(F)(F)F. The van der Waals surface area contributed by atoms with Gasteiger partial charge in [0, 0.05) is 19.2 Å². The highest BCUT2D eigenvalue weighted by Crippen LogP contribution is 2.33. The van der Waals surface area contributed by atoms with Crippen LogP contribution in [0, 0.1) is 0 Å². The number of carboxylic acid groups (broad SMARTS) is 1. The van der Waals surface area contributed by atoms with E-state index in [2.05, 4.69) is 10.3 Å². The predicted octanol–water partition coefficient (Wildman–Crippen LogP) is 3.16. The van der Waals surface area contributed by atoms with Crippen LogP contribution in [0.5, 0.6) is 0 Å². The smallest absolute Gasteiger partial charge is 0.419 e. The molecule has 0 aliphatic rings. The summed E-state index contributed by atoms with van der Waals surface area (Å²) in [5.41, 5.74) is -0.791. The van der Waals surface area contributed by atoms with E-state index < -0.39 is 17.7 Å². The molecule has 0 saturated heterocycles. The number of aliphatic carboxylic acids is 1. The normalized spacial score (nSPS) is 11.3. The highest BCUT2D eigenvalue weighted by atomic mass is 19.4. The number of hydrogen-bond donors (Lipinski definition) is 2. The molecule has 1 aromatic heterocycles. The van der Waals surface area contributed by atoms with E-state index in [1.165, 1.54) is 12.3 Å². The Kier molecular flexibility index (Phi) is 5.59. The molecule has 106 valence electrons. The number of nitrogens with zero attached hydrogens (tertiary/aromatic N) is 1. The molecule has 2 N–H and O–H groups in total. The van der Waals surface area contributed by atoms with Crippen LogP contribution in [0.1, 0.15) is 31.2 Å². The van der Waals surface area contributed by atoms with E-state index in [-0.39, 0.29) is 12.2 Å². The lowest BCUT2D eigenvalue weighted by molar-refractivity contribution is -0.138. The summed E-state index contributed by atoms with van der Waals surface area (Å²) < 4.78 is 37.9. The molecule has 0 saturated carbocycles. The van der Waals surface area contributed by atoms with Crippen molar-refractivity contribution in [3.8, 4) is 0 Å². The summed E-state index contributed by atoms with van der Waals surface area (Å²) in [5.74, 6) is -1.05. The minimum Gasteiger partial charge on any atom is -0.481 e. The highest BCUT2D eigenvalue weighted by molar-refractivity contribution is 5.66. The maximum absolute atomic E-state index is 12.6. The molecule has 0 bridgehead atoms. The number of pyridine rings is 1. The van der Waals surface area contributed by atoms with Gasteiger partial charge in [-0.1, -0.05) is 6.42 Å². The zero-order chi connectivity index (χ0) is 14.3. The van der Waals surface area contributed by atoms with E-state index in [4.69, 9.17) is 5.11 Å². The van der Waals surface area contributed by atoms with E-state index in [0.29, 0.717) is 25.8 Å². The van der Waals surface area contributed by atoms with Crippen molar-refractivity contribution >= 4 is 11.8 Å². The number of anilines is 1. The number of halogens is 3. The number of aromatic nitrogens is 1. The topological polar surface area (TPSA) is 62.2 Å². The van der Waals surface area contributed by atoms with Crippen molar-refractivity contribution in [3.05, 3.63) is 23.9 Å². The maximum atomic E-state index is 12.6. The number of carbonyl (C=O) groups is 1. The lowest BCUT2D eigenvalue weighted by atomic mass is 10.2. The van der Waals surface area contributed by atoms with Crippen LogP contribution in [-0.4, -0.2) is 22.6 Å². The molecule has 0 aromatic carbocycles. The number of carboxylic acids is 1. The Bertz CT molecular complexity index is 422. The lowest BCUT2D eigenvalue weighted by Crippen LogP contribution is -2.13. The molecule has 19 heavy (non-hydrogen) atoms. The van der Waals surface area contributed by atoms with Crippen molar-refractivity contribution in [3.63, 3.8) is 0 Å². The maximum Gasteiger partial charge on any atom is 0.419 e. The number of nitrogens with one attached hydrogen (secondary N) is 1. The van der Waals surface area contributed by atoms with Gasteiger partial charge in [0.05, 0.1) is 5.56 Å². The number of unbranched alkanes of at least 4 members (excludes halogenated alkanes) is 2. The summed E-state index contributed by atoms with van der Waals surface area (Å²) in [4.78, 5) is 13.9. The Morgan fingerprint density at radius 1 is 1.32 bits per heavy atom. The van der Waals surface area contributed by atoms with Gasteiger partial charge in [-0.05, 0) is 25.0 Å². The van der Waals surface area contributed by atoms with E-state index in [1.807, 2.05) is 0 Å². The Labute approximate surface area is 108 Å². The summed E-state index contributed by atoms with van der Waals surface area (Å²) in [6.45, 7) is 0.333. The largest absolute Gasteiger partial charge is 0.481 e. The Morgan fingerprint density at radius 2 is 2.05 bits per heavy atom. The van der Waals surface area contributed by atoms with Crippen molar-refractivity contribution in [2.45, 2.75) is 31.9 Å². The van der Waals surface area contributed by atoms with Crippen LogP contribution in [0.2, 0.25) is 0 Å². The van der Waals surface area contributed by atoms with E-state index in [1.54, 1.807) is 0 Å². The van der Waals surface area contributed by atoms with Crippen LogP contribution < -0.4 is 5.32 Å². The van der Waals surface area contributed by atoms with Gasteiger partial charge in [-0.15, -0.1) is 0 Å². The van der Waals surface area contributed by atoms with Gasteiger partial charge in [0.2, 0.25) is 0 Å². The van der Waals surface area contributed by atoms with Gasteiger partial charge in [0.1, 0.15) is 5.82 Å². The van der Waals surface area contributed by atoms with Crippen LogP contribution in [0.25, 0.3) is 0 Å². The minimum atomic E-state index is -4.43. The zero-order valence-corrected chi connectivity index (χ0v) is 10.2. The predicted molar refractivity (Wildman–Crippen MR) is 63.8 cm³/mol. The quantitative estimate of drug-likeness (QED) is 0.751. The Morgan fingerprint density at radius 3 is 2.68 bits per heavy atom. The second-order valence-corrected chi connectivity index (χ2v) is 4.03. The number of hydrogen-bond acceptors (Lipinski definition) is 3. The molecule has 0 amide bonds. The van der Waals surface area contributed by atoms with Crippen LogP contribution in [-0.2, 0) is 11.0 Å². The Hall–Kier alpha value is -1.79. The van der Waals surface area contributed by atoms with Gasteiger partial charge in [0.15, 0.2) is 0 Å². The molecular formula is C12H15F3N2O2. The van der Waals surface area contributed by atoms with Crippen LogP contribution in [0.4, 0.5) is 19.0 Å². The molecular weight excluding hydrogens is 261 g/mol. The second kappa shape index (κ2) is 6.96. The summed E-state index contributed by atoms with van der Waals surface area (Å²) in [6, 6.07) is 2.21. The van der Waals surface area contributed by atoms with Gasteiger partial charge in [-0.3, -0.25) is 4.79 Å². The van der Waals surface area contributed by atoms with Crippen molar-refractivity contribution in [1.29, 1.82) is 0 Å². The third-order valence-corrected chi connectivity index (χ3v) is 2.47. The third-order valence-electron chi connectivity index (χ3n) is 2.47. The van der Waals surface area contributed by atoms with Crippen LogP contribution in [0.3, 0.4) is 0 Å². The molecule has 0 radical (unpaired) electrons. The first-order chi connectivity index (χ1) is 8.91. The molecule has 0 unspecified atom stereocenters. The average molecular weight is 276 g/mol. The molecule has 1 heterocycles. The summed E-state index contributed by atoms with van der Waals surface area (Å²) in [5, 5.41) is 11.1. The van der Waals surface area contributed by atoms with Gasteiger partial charge in [-0.2, -0.15) is 13.2 Å². The average Bonchev–Trinajstić information content (AvgIpc) is 2.32. The van der Waals surface area contributed by atoms with E-state index in [0.717, 1.165) is 6.07 Å². The fourth-order valence-corrected chi connectivity index (χ4v) is 1.56. The van der Waals surface area contributed by atoms with Gasteiger partial charge >= 0.3 is 12.1 Å². The molecule has 0 fully saturated rings. The lowest BCUT2D eigenvalue weighted by Gasteiger charge is -2.12. The standard InChI is InChI=1S/C12H15F3N2O2/c13-12(14,15)9-5-4-8-17-11(9)16-7-3-1-2-6-10(18)19/h4-5,8H,1-3,6-7H2,(H,16,17)(H,18,19). The van der Waals surface area contributed by atoms with E-state index in [9.17, 15) is 18.0 Å². The molecule has 0 atom stereocenters. The molecule has 1 aromatic rings. The fourth-order valence-electron chi connectivity index (χ4n) is 1.56. The summed E-state index contributed by atoms with van der Waals surface area (Å²) in [7, 11) is 0. The third kappa shape index (κ3) is 5.58. The zero-order valence-electron chi connectivity index (χ0n) is 10.2. The molecule has 7 heteroatoms. The first kappa shape index (κ1) is 15.3. The summed E-state index contributed by atoms with van der Waals surface area (Å²) >= 11 is 0. The van der Waals surface area contributed by atoms with Crippen molar-refractivity contribution < 1.29 is 23.1 Å². The van der Waals surface area contributed by atoms with Crippen LogP contribution >= 0.6 is 0 Å². The monoisotopic (exact) mass is 276 g/mol. The first-order valence-corrected chi connectivity index (χ1v) is 5.89. The molecule has 0 aliphatic heterocycles. The van der Waals surface area contributed by atoms with Gasteiger partial charge in [0.25, 0.3) is 0 Å². The fraction of sp³-hybridized carbons (Fsp3) is 0.500. The summed E-state index contributed by atoms with van der Waals surface area (Å²) in [6.07, 6.45) is -1.29. The number of rotatable bonds is 7. The highest BCUT2D eigenvalue weighted by Gasteiger charge is 2.33. The van der Waals surface area contributed by atoms with E-state index >= 15 is 0 Å². The minimum absolute atomic E-state index is 0.0807. The molecule has 0 spiro atoms. The number of alkyl halides is 3. The second-order valence-electron chi connectivity index (χ2n) is 4.03. The van der Waals surface area contributed by atoms with Gasteiger partial charge < -0.3 is 10.4 Å². The molecule has 1 rings (SSSR count). The first-order valence-electron chi connectivity index (χ1n) is 5.89. The molecule has 4 nitrogen and oxygen atoms in total.